The van der Waals surface area contributed by atoms with Crippen LogP contribution in [0.15, 0.2) is 66.9 Å². The Labute approximate surface area is 210 Å². The Morgan fingerprint density at radius 1 is 1.11 bits per heavy atom. The smallest absolute Gasteiger partial charge is 0.254 e. The number of ether oxygens (including phenoxy) is 1. The lowest BCUT2D eigenvalue weighted by atomic mass is 9.98. The number of hydrogen-bond acceptors (Lipinski definition) is 4. The van der Waals surface area contributed by atoms with Gasteiger partial charge in [0, 0.05) is 29.1 Å². The zero-order chi connectivity index (χ0) is 25.2. The van der Waals surface area contributed by atoms with Gasteiger partial charge in [-0.1, -0.05) is 30.3 Å². The molecule has 186 valence electrons. The van der Waals surface area contributed by atoms with Gasteiger partial charge in [-0.15, -0.1) is 0 Å². The van der Waals surface area contributed by atoms with Crippen LogP contribution >= 0.6 is 0 Å². The number of halogens is 1. The van der Waals surface area contributed by atoms with Gasteiger partial charge in [0.1, 0.15) is 11.6 Å². The van der Waals surface area contributed by atoms with E-state index in [1.807, 2.05) is 45.4 Å². The lowest BCUT2D eigenvalue weighted by Crippen LogP contribution is -2.33. The molecule has 0 bridgehead atoms. The molecule has 0 saturated heterocycles. The molecule has 36 heavy (non-hydrogen) atoms. The van der Waals surface area contributed by atoms with Crippen LogP contribution < -0.4 is 4.74 Å². The van der Waals surface area contributed by atoms with E-state index in [0.717, 1.165) is 53.4 Å². The van der Waals surface area contributed by atoms with Gasteiger partial charge in [-0.2, -0.15) is 5.10 Å². The summed E-state index contributed by atoms with van der Waals surface area (Å²) in [5, 5.41) is 8.33. The number of aromatic nitrogens is 2. The second-order valence-electron chi connectivity index (χ2n) is 9.74. The Bertz CT molecular complexity index is 1380. The van der Waals surface area contributed by atoms with E-state index in [9.17, 15) is 9.18 Å². The molecular weight excluding hydrogens is 455 g/mol. The maximum Gasteiger partial charge on any atom is 0.254 e. The number of hydrogen-bond donors (Lipinski definition) is 1. The lowest BCUT2D eigenvalue weighted by molar-refractivity contribution is 0.0716. The molecule has 0 unspecified atom stereocenters. The van der Waals surface area contributed by atoms with Crippen molar-refractivity contribution in [2.24, 2.45) is 0 Å². The van der Waals surface area contributed by atoms with Crippen molar-refractivity contribution in [3.8, 4) is 16.9 Å². The van der Waals surface area contributed by atoms with Crippen molar-refractivity contribution in [2.45, 2.75) is 31.4 Å². The fraction of sp³-hybridized carbons (Fsp3) is 0.310. The standard InChI is InChI=1S/C29H31FN4O2/c1-33(2)15-14-26(25-9-5-7-21-18-31-32-28(21)25)34(3)29(35)20-10-13-24(19-6-4-8-22(30)16-19)27(17-20)36-23-11-12-23/h4-10,13,16-18,23,26H,11-12,14-15H2,1-3H3,(H,31,32)/t26-/m1/s1. The van der Waals surface area contributed by atoms with Crippen molar-refractivity contribution >= 4 is 16.8 Å². The number of H-pyrrole nitrogens is 1. The number of para-hydroxylation sites is 1. The number of carbonyl (C=O) groups excluding carboxylic acids is 1. The summed E-state index contributed by atoms with van der Waals surface area (Å²) in [5.41, 5.74) is 4.04. The number of carbonyl (C=O) groups is 1. The van der Waals surface area contributed by atoms with Gasteiger partial charge in [0.25, 0.3) is 5.91 Å². The lowest BCUT2D eigenvalue weighted by Gasteiger charge is -2.30. The number of nitrogens with zero attached hydrogens (tertiary/aromatic N) is 3. The first kappa shape index (κ1) is 24.0. The summed E-state index contributed by atoms with van der Waals surface area (Å²) in [6, 6.07) is 17.8. The first-order valence-corrected chi connectivity index (χ1v) is 12.3. The molecule has 1 aliphatic carbocycles. The van der Waals surface area contributed by atoms with Crippen LogP contribution in [0.4, 0.5) is 4.39 Å². The van der Waals surface area contributed by atoms with E-state index in [0.29, 0.717) is 11.3 Å². The first-order valence-electron chi connectivity index (χ1n) is 12.3. The number of aromatic amines is 1. The molecule has 0 aliphatic heterocycles. The van der Waals surface area contributed by atoms with E-state index in [1.165, 1.54) is 12.1 Å². The van der Waals surface area contributed by atoms with Crippen molar-refractivity contribution in [2.75, 3.05) is 27.7 Å². The minimum Gasteiger partial charge on any atom is -0.490 e. The molecule has 0 radical (unpaired) electrons. The van der Waals surface area contributed by atoms with E-state index in [-0.39, 0.29) is 23.9 Å². The summed E-state index contributed by atoms with van der Waals surface area (Å²) in [4.78, 5) is 17.7. The van der Waals surface area contributed by atoms with Gasteiger partial charge in [0.15, 0.2) is 0 Å². The van der Waals surface area contributed by atoms with Gasteiger partial charge in [-0.3, -0.25) is 9.89 Å². The van der Waals surface area contributed by atoms with Gasteiger partial charge in [0.05, 0.1) is 23.9 Å². The highest BCUT2D eigenvalue weighted by Crippen LogP contribution is 2.37. The molecule has 4 aromatic rings. The minimum atomic E-state index is -0.304. The molecule has 1 heterocycles. The molecule has 1 atom stereocenters. The third-order valence-electron chi connectivity index (χ3n) is 6.69. The molecule has 1 aromatic heterocycles. The Balaban J connectivity index is 1.49. The molecule has 7 heteroatoms. The molecule has 1 fully saturated rings. The van der Waals surface area contributed by atoms with E-state index < -0.39 is 0 Å². The average molecular weight is 487 g/mol. The second kappa shape index (κ2) is 10.1. The van der Waals surface area contributed by atoms with Crippen LogP contribution in [0.25, 0.3) is 22.0 Å². The number of amides is 1. The summed E-state index contributed by atoms with van der Waals surface area (Å²) in [6.07, 6.45) is 4.69. The minimum absolute atomic E-state index is 0.0956. The predicted molar refractivity (Wildman–Crippen MR) is 140 cm³/mol. The quantitative estimate of drug-likeness (QED) is 0.331. The molecule has 1 N–H and O–H groups in total. The summed E-state index contributed by atoms with van der Waals surface area (Å²) in [7, 11) is 5.91. The third-order valence-corrected chi connectivity index (χ3v) is 6.69. The SMILES string of the molecule is CN(C)CC[C@H](c1cccc2cn[nH]c12)N(C)C(=O)c1ccc(-c2cccc(F)c2)c(OC2CC2)c1. The van der Waals surface area contributed by atoms with E-state index >= 15 is 0 Å². The van der Waals surface area contributed by atoms with Gasteiger partial charge in [0.2, 0.25) is 0 Å². The van der Waals surface area contributed by atoms with E-state index in [1.54, 1.807) is 29.3 Å². The molecule has 1 aliphatic rings. The maximum absolute atomic E-state index is 13.9. The van der Waals surface area contributed by atoms with Crippen molar-refractivity contribution in [3.05, 3.63) is 83.8 Å². The number of nitrogens with one attached hydrogen (secondary N) is 1. The summed E-state index contributed by atoms with van der Waals surface area (Å²) in [5.74, 6) is 0.214. The summed E-state index contributed by atoms with van der Waals surface area (Å²) >= 11 is 0. The fourth-order valence-electron chi connectivity index (χ4n) is 4.57. The van der Waals surface area contributed by atoms with Crippen LogP contribution in [0, 0.1) is 5.82 Å². The molecule has 1 amide bonds. The van der Waals surface area contributed by atoms with Crippen LogP contribution in [0.5, 0.6) is 5.75 Å². The normalized spacial score (nSPS) is 14.2. The summed E-state index contributed by atoms with van der Waals surface area (Å²) in [6.45, 7) is 0.821. The Morgan fingerprint density at radius 2 is 1.92 bits per heavy atom. The topological polar surface area (TPSA) is 61.5 Å². The highest BCUT2D eigenvalue weighted by atomic mass is 19.1. The molecule has 6 nitrogen and oxygen atoms in total. The molecule has 5 rings (SSSR count). The molecule has 0 spiro atoms. The number of fused-ring (bicyclic) bond motifs is 1. The largest absolute Gasteiger partial charge is 0.490 e. The van der Waals surface area contributed by atoms with Crippen LogP contribution in [0.3, 0.4) is 0 Å². The second-order valence-corrected chi connectivity index (χ2v) is 9.74. The Morgan fingerprint density at radius 3 is 2.67 bits per heavy atom. The third kappa shape index (κ3) is 5.11. The van der Waals surface area contributed by atoms with Gasteiger partial charge < -0.3 is 14.5 Å². The zero-order valence-corrected chi connectivity index (χ0v) is 20.9. The van der Waals surface area contributed by atoms with Crippen LogP contribution in [0.2, 0.25) is 0 Å². The number of rotatable bonds is 9. The van der Waals surface area contributed by atoms with Crippen molar-refractivity contribution < 1.29 is 13.9 Å². The molecular formula is C29H31FN4O2. The average Bonchev–Trinajstić information content (AvgIpc) is 3.55. The highest BCUT2D eigenvalue weighted by molar-refractivity contribution is 5.96. The van der Waals surface area contributed by atoms with E-state index in [4.69, 9.17) is 4.74 Å². The van der Waals surface area contributed by atoms with Crippen LogP contribution in [-0.4, -0.2) is 59.7 Å². The van der Waals surface area contributed by atoms with Crippen LogP contribution in [0.1, 0.15) is 41.2 Å². The molecule has 3 aromatic carbocycles. The van der Waals surface area contributed by atoms with Crippen molar-refractivity contribution in [1.82, 2.24) is 20.0 Å². The van der Waals surface area contributed by atoms with Gasteiger partial charge in [-0.05, 0) is 75.8 Å². The van der Waals surface area contributed by atoms with E-state index in [2.05, 4.69) is 21.2 Å². The van der Waals surface area contributed by atoms with Gasteiger partial charge >= 0.3 is 0 Å². The highest BCUT2D eigenvalue weighted by Gasteiger charge is 2.28. The first-order chi connectivity index (χ1) is 17.4. The number of benzene rings is 3. The molecule has 1 saturated carbocycles. The fourth-order valence-corrected chi connectivity index (χ4v) is 4.57. The monoisotopic (exact) mass is 486 g/mol. The predicted octanol–water partition coefficient (Wildman–Crippen LogP) is 5.68. The zero-order valence-electron chi connectivity index (χ0n) is 20.9. The Hall–Kier alpha value is -3.71. The van der Waals surface area contributed by atoms with Crippen molar-refractivity contribution in [3.63, 3.8) is 0 Å². The van der Waals surface area contributed by atoms with Crippen molar-refractivity contribution in [1.29, 1.82) is 0 Å². The summed E-state index contributed by atoms with van der Waals surface area (Å²) < 4.78 is 20.1. The van der Waals surface area contributed by atoms with Crippen LogP contribution in [-0.2, 0) is 0 Å². The van der Waals surface area contributed by atoms with Gasteiger partial charge in [-0.25, -0.2) is 4.39 Å². The maximum atomic E-state index is 13.9. The Kier molecular flexibility index (Phi) is 6.74.